The highest BCUT2D eigenvalue weighted by Gasteiger charge is 2.17. The first-order chi connectivity index (χ1) is 7.66. The zero-order chi connectivity index (χ0) is 11.5. The van der Waals surface area contributed by atoms with E-state index in [9.17, 15) is 4.79 Å². The molecule has 0 bridgehead atoms. The molecular weight excluding hydrogens is 202 g/mol. The molecule has 0 aliphatic carbocycles. The number of nitrogens with zero attached hydrogens (tertiary/aromatic N) is 3. The highest BCUT2D eigenvalue weighted by molar-refractivity contribution is 5.88. The molecule has 0 spiro atoms. The van der Waals surface area contributed by atoms with Crippen LogP contribution in [0.3, 0.4) is 0 Å². The summed E-state index contributed by atoms with van der Waals surface area (Å²) in [5, 5.41) is 0. The van der Waals surface area contributed by atoms with Gasteiger partial charge in [-0.3, -0.25) is 4.79 Å². The summed E-state index contributed by atoms with van der Waals surface area (Å²) >= 11 is 0. The molecule has 0 unspecified atom stereocenters. The zero-order valence-electron chi connectivity index (χ0n) is 9.81. The van der Waals surface area contributed by atoms with Crippen molar-refractivity contribution in [3.05, 3.63) is 29.9 Å². The number of amides is 1. The molecule has 0 N–H and O–H groups in total. The van der Waals surface area contributed by atoms with E-state index in [4.69, 9.17) is 0 Å². The van der Waals surface area contributed by atoms with Crippen molar-refractivity contribution < 1.29 is 4.79 Å². The minimum absolute atomic E-state index is 0.106. The summed E-state index contributed by atoms with van der Waals surface area (Å²) in [6, 6.07) is 0. The Balaban J connectivity index is 2.14. The molecule has 1 aliphatic heterocycles. The van der Waals surface area contributed by atoms with Crippen molar-refractivity contribution in [3.63, 3.8) is 0 Å². The lowest BCUT2D eigenvalue weighted by Crippen LogP contribution is -2.29. The molecule has 0 saturated heterocycles. The third kappa shape index (κ3) is 2.32. The first-order valence-electron chi connectivity index (χ1n) is 5.59. The van der Waals surface area contributed by atoms with Gasteiger partial charge in [0.25, 0.3) is 0 Å². The maximum Gasteiger partial charge on any atom is 0.246 e. The number of fused-ring (bicyclic) bond motifs is 1. The van der Waals surface area contributed by atoms with E-state index in [1.807, 2.05) is 31.3 Å². The van der Waals surface area contributed by atoms with Gasteiger partial charge in [0.2, 0.25) is 5.91 Å². The molecule has 4 nitrogen and oxygen atoms in total. The van der Waals surface area contributed by atoms with Crippen LogP contribution in [-0.4, -0.2) is 26.9 Å². The van der Waals surface area contributed by atoms with Crippen LogP contribution in [0.5, 0.6) is 0 Å². The molecule has 0 fully saturated rings. The van der Waals surface area contributed by atoms with E-state index in [1.54, 1.807) is 6.08 Å². The molecule has 1 aromatic rings. The lowest BCUT2D eigenvalue weighted by atomic mass is 10.3. The number of aryl methyl sites for hydroxylation is 1. The van der Waals surface area contributed by atoms with Crippen LogP contribution in [0.15, 0.2) is 24.2 Å². The van der Waals surface area contributed by atoms with Crippen molar-refractivity contribution in [3.8, 4) is 0 Å². The molecule has 2 rings (SSSR count). The minimum Gasteiger partial charge on any atom is -0.333 e. The Hall–Kier alpha value is -1.58. The summed E-state index contributed by atoms with van der Waals surface area (Å²) in [6.45, 7) is 6.33. The van der Waals surface area contributed by atoms with E-state index in [1.165, 1.54) is 0 Å². The van der Waals surface area contributed by atoms with Crippen molar-refractivity contribution in [2.75, 3.05) is 6.54 Å². The average molecular weight is 219 g/mol. The summed E-state index contributed by atoms with van der Waals surface area (Å²) in [5.74, 6) is 0.106. The molecule has 1 aliphatic rings. The second-order valence-electron chi connectivity index (χ2n) is 4.41. The summed E-state index contributed by atoms with van der Waals surface area (Å²) in [5.41, 5.74) is 2.16. The largest absolute Gasteiger partial charge is 0.333 e. The van der Waals surface area contributed by atoms with Crippen LogP contribution in [0.25, 0.3) is 0 Å². The van der Waals surface area contributed by atoms with E-state index >= 15 is 0 Å². The summed E-state index contributed by atoms with van der Waals surface area (Å²) in [7, 11) is 0. The van der Waals surface area contributed by atoms with Gasteiger partial charge in [-0.15, -0.1) is 0 Å². The van der Waals surface area contributed by atoms with Crippen LogP contribution < -0.4 is 0 Å². The number of rotatable bonds is 1. The van der Waals surface area contributed by atoms with Gasteiger partial charge in [-0.1, -0.05) is 5.57 Å². The SMILES string of the molecule is CC(C)=CC(=O)N1CCCn2cncc2C1. The smallest absolute Gasteiger partial charge is 0.246 e. The van der Waals surface area contributed by atoms with E-state index in [0.29, 0.717) is 6.54 Å². The van der Waals surface area contributed by atoms with Crippen molar-refractivity contribution in [2.24, 2.45) is 0 Å². The molecule has 0 saturated carbocycles. The summed E-state index contributed by atoms with van der Waals surface area (Å²) in [4.78, 5) is 17.9. The molecule has 2 heterocycles. The van der Waals surface area contributed by atoms with Gasteiger partial charge in [0.05, 0.1) is 18.6 Å². The number of carbonyl (C=O) groups excluding carboxylic acids is 1. The van der Waals surface area contributed by atoms with Gasteiger partial charge >= 0.3 is 0 Å². The fraction of sp³-hybridized carbons (Fsp3) is 0.500. The molecule has 0 atom stereocenters. The second-order valence-corrected chi connectivity index (χ2v) is 4.41. The number of aromatic nitrogens is 2. The third-order valence-corrected chi connectivity index (χ3v) is 2.70. The molecule has 4 heteroatoms. The van der Waals surface area contributed by atoms with E-state index in [0.717, 1.165) is 30.8 Å². The maximum atomic E-state index is 11.9. The number of hydrogen-bond acceptors (Lipinski definition) is 2. The van der Waals surface area contributed by atoms with Gasteiger partial charge in [0, 0.05) is 25.4 Å². The quantitative estimate of drug-likeness (QED) is 0.673. The van der Waals surface area contributed by atoms with Crippen LogP contribution in [-0.2, 0) is 17.9 Å². The standard InChI is InChI=1S/C12H17N3O/c1-10(2)6-12(16)14-4-3-5-15-9-13-7-11(15)8-14/h6-7,9H,3-5,8H2,1-2H3. The van der Waals surface area contributed by atoms with Crippen LogP contribution in [0.4, 0.5) is 0 Å². The number of hydrogen-bond donors (Lipinski definition) is 0. The van der Waals surface area contributed by atoms with Gasteiger partial charge < -0.3 is 9.47 Å². The normalized spacial score (nSPS) is 15.2. The fourth-order valence-electron chi connectivity index (χ4n) is 1.91. The maximum absolute atomic E-state index is 11.9. The lowest BCUT2D eigenvalue weighted by molar-refractivity contribution is -0.126. The Morgan fingerprint density at radius 3 is 3.00 bits per heavy atom. The average Bonchev–Trinajstić information content (AvgIpc) is 2.54. The van der Waals surface area contributed by atoms with Crippen molar-refractivity contribution in [2.45, 2.75) is 33.4 Å². The van der Waals surface area contributed by atoms with Gasteiger partial charge in [-0.2, -0.15) is 0 Å². The Labute approximate surface area is 95.6 Å². The molecule has 86 valence electrons. The monoisotopic (exact) mass is 219 g/mol. The van der Waals surface area contributed by atoms with Crippen LogP contribution >= 0.6 is 0 Å². The van der Waals surface area contributed by atoms with Crippen LogP contribution in [0.1, 0.15) is 26.0 Å². The first-order valence-corrected chi connectivity index (χ1v) is 5.59. The predicted octanol–water partition coefficient (Wildman–Crippen LogP) is 1.58. The number of imidazole rings is 1. The summed E-state index contributed by atoms with van der Waals surface area (Å²) < 4.78 is 2.12. The fourth-order valence-corrected chi connectivity index (χ4v) is 1.91. The van der Waals surface area contributed by atoms with Crippen molar-refractivity contribution in [1.82, 2.24) is 14.5 Å². The van der Waals surface area contributed by atoms with Gasteiger partial charge in [0.15, 0.2) is 0 Å². The molecule has 0 radical (unpaired) electrons. The third-order valence-electron chi connectivity index (χ3n) is 2.70. The van der Waals surface area contributed by atoms with Gasteiger partial charge in [-0.05, 0) is 20.3 Å². The minimum atomic E-state index is 0.106. The number of carbonyl (C=O) groups is 1. The Kier molecular flexibility index (Phi) is 3.08. The highest BCUT2D eigenvalue weighted by Crippen LogP contribution is 2.12. The molecule has 16 heavy (non-hydrogen) atoms. The first kappa shape index (κ1) is 10.9. The molecular formula is C12H17N3O. The predicted molar refractivity (Wildman–Crippen MR) is 61.7 cm³/mol. The van der Waals surface area contributed by atoms with Crippen LogP contribution in [0, 0.1) is 0 Å². The van der Waals surface area contributed by atoms with E-state index in [2.05, 4.69) is 9.55 Å². The van der Waals surface area contributed by atoms with Crippen molar-refractivity contribution in [1.29, 1.82) is 0 Å². The van der Waals surface area contributed by atoms with E-state index in [-0.39, 0.29) is 5.91 Å². The molecule has 1 aromatic heterocycles. The summed E-state index contributed by atoms with van der Waals surface area (Å²) in [6.07, 6.45) is 6.37. The highest BCUT2D eigenvalue weighted by atomic mass is 16.2. The topological polar surface area (TPSA) is 38.1 Å². The van der Waals surface area contributed by atoms with E-state index < -0.39 is 0 Å². The van der Waals surface area contributed by atoms with Gasteiger partial charge in [-0.25, -0.2) is 4.98 Å². The lowest BCUT2D eigenvalue weighted by Gasteiger charge is -2.18. The zero-order valence-corrected chi connectivity index (χ0v) is 9.81. The Morgan fingerprint density at radius 1 is 1.44 bits per heavy atom. The Bertz CT molecular complexity index is 416. The van der Waals surface area contributed by atoms with Crippen LogP contribution in [0.2, 0.25) is 0 Å². The molecule has 1 amide bonds. The van der Waals surface area contributed by atoms with Gasteiger partial charge in [0.1, 0.15) is 0 Å². The second kappa shape index (κ2) is 4.51. The Morgan fingerprint density at radius 2 is 2.25 bits per heavy atom. The van der Waals surface area contributed by atoms with Crippen molar-refractivity contribution >= 4 is 5.91 Å². The number of allylic oxidation sites excluding steroid dienone is 1. The molecule has 0 aromatic carbocycles.